The second kappa shape index (κ2) is 5.95. The predicted molar refractivity (Wildman–Crippen MR) is 82.3 cm³/mol. The summed E-state index contributed by atoms with van der Waals surface area (Å²) in [5.41, 5.74) is 1.32. The molecule has 1 amide bonds. The van der Waals surface area contributed by atoms with Crippen molar-refractivity contribution in [1.29, 1.82) is 0 Å². The Morgan fingerprint density at radius 3 is 3.05 bits per heavy atom. The number of thiazole rings is 1. The minimum atomic E-state index is -0.0873. The molecule has 2 aromatic rings. The maximum atomic E-state index is 12.3. The van der Waals surface area contributed by atoms with Gasteiger partial charge in [0.15, 0.2) is 0 Å². The van der Waals surface area contributed by atoms with Gasteiger partial charge in [-0.1, -0.05) is 0 Å². The summed E-state index contributed by atoms with van der Waals surface area (Å²) >= 11 is 1.45. The Balaban J connectivity index is 1.68. The molecular weight excluding hydrogens is 286 g/mol. The van der Waals surface area contributed by atoms with Gasteiger partial charge in [0, 0.05) is 17.5 Å². The number of imidazole rings is 1. The number of carbonyl (C=O) groups is 1. The number of nitrogens with one attached hydrogen (secondary N) is 2. The van der Waals surface area contributed by atoms with E-state index < -0.39 is 0 Å². The van der Waals surface area contributed by atoms with Crippen molar-refractivity contribution in [1.82, 2.24) is 25.2 Å². The second-order valence-electron chi connectivity index (χ2n) is 5.54. The number of hydrogen-bond acceptors (Lipinski definition) is 5. The Labute approximate surface area is 127 Å². The van der Waals surface area contributed by atoms with Gasteiger partial charge in [-0.3, -0.25) is 4.79 Å². The molecule has 112 valence electrons. The molecule has 0 aromatic carbocycles. The molecule has 0 saturated heterocycles. The lowest BCUT2D eigenvalue weighted by molar-refractivity contribution is 0.0915. The zero-order valence-electron chi connectivity index (χ0n) is 12.2. The van der Waals surface area contributed by atoms with Crippen molar-refractivity contribution >= 4 is 17.2 Å². The molecule has 0 spiro atoms. The zero-order chi connectivity index (χ0) is 14.8. The first-order chi connectivity index (χ1) is 10.1. The van der Waals surface area contributed by atoms with Crippen molar-refractivity contribution in [3.63, 3.8) is 0 Å². The minimum Gasteiger partial charge on any atom is -0.346 e. The maximum absolute atomic E-state index is 12.3. The Morgan fingerprint density at radius 1 is 1.48 bits per heavy atom. The van der Waals surface area contributed by atoms with Gasteiger partial charge >= 0.3 is 0 Å². The summed E-state index contributed by atoms with van der Waals surface area (Å²) in [6.07, 6.45) is 6.64. The highest BCUT2D eigenvalue weighted by molar-refractivity contribution is 7.13. The van der Waals surface area contributed by atoms with E-state index in [4.69, 9.17) is 0 Å². The fourth-order valence-corrected chi connectivity index (χ4v) is 3.62. The molecule has 7 heteroatoms. The SMILES string of the molecule is CN(C)[C@@H]1CCC[C@H]1NC(=O)c1csc(-c2cnc[nH]2)n1. The Morgan fingerprint density at radius 2 is 2.33 bits per heavy atom. The molecular formula is C14H19N5OS. The predicted octanol–water partition coefficient (Wildman–Crippen LogP) is 1.75. The summed E-state index contributed by atoms with van der Waals surface area (Å²) in [6, 6.07) is 0.629. The van der Waals surface area contributed by atoms with Crippen LogP contribution in [0, 0.1) is 0 Å². The van der Waals surface area contributed by atoms with Gasteiger partial charge in [0.2, 0.25) is 0 Å². The molecule has 3 rings (SSSR count). The molecule has 6 nitrogen and oxygen atoms in total. The van der Waals surface area contributed by atoms with Crippen LogP contribution >= 0.6 is 11.3 Å². The van der Waals surface area contributed by atoms with Crippen molar-refractivity contribution < 1.29 is 4.79 Å². The number of nitrogens with zero attached hydrogens (tertiary/aromatic N) is 3. The van der Waals surface area contributed by atoms with E-state index in [0.717, 1.165) is 30.0 Å². The van der Waals surface area contributed by atoms with Crippen LogP contribution in [0.5, 0.6) is 0 Å². The summed E-state index contributed by atoms with van der Waals surface area (Å²) in [5.74, 6) is -0.0873. The fraction of sp³-hybridized carbons (Fsp3) is 0.500. The largest absolute Gasteiger partial charge is 0.346 e. The highest BCUT2D eigenvalue weighted by Gasteiger charge is 2.30. The summed E-state index contributed by atoms with van der Waals surface area (Å²) in [5, 5.41) is 5.71. The van der Waals surface area contributed by atoms with E-state index in [1.54, 1.807) is 17.9 Å². The average molecular weight is 305 g/mol. The van der Waals surface area contributed by atoms with Crippen LogP contribution in [0.1, 0.15) is 29.8 Å². The fourth-order valence-electron chi connectivity index (χ4n) is 2.84. The Bertz CT molecular complexity index is 607. The summed E-state index contributed by atoms with van der Waals surface area (Å²) in [6.45, 7) is 0. The van der Waals surface area contributed by atoms with E-state index in [1.807, 2.05) is 0 Å². The lowest BCUT2D eigenvalue weighted by Gasteiger charge is -2.26. The Hall–Kier alpha value is -1.73. The van der Waals surface area contributed by atoms with Gasteiger partial charge in [-0.15, -0.1) is 11.3 Å². The molecule has 0 bridgehead atoms. The molecule has 2 heterocycles. The van der Waals surface area contributed by atoms with E-state index in [9.17, 15) is 4.79 Å². The summed E-state index contributed by atoms with van der Waals surface area (Å²) < 4.78 is 0. The molecule has 0 aliphatic heterocycles. The van der Waals surface area contributed by atoms with E-state index in [2.05, 4.69) is 39.3 Å². The van der Waals surface area contributed by atoms with Crippen LogP contribution in [-0.4, -0.2) is 51.9 Å². The monoisotopic (exact) mass is 305 g/mol. The van der Waals surface area contributed by atoms with Gasteiger partial charge in [-0.2, -0.15) is 0 Å². The first-order valence-electron chi connectivity index (χ1n) is 7.06. The molecule has 0 unspecified atom stereocenters. The van der Waals surface area contributed by atoms with Crippen LogP contribution in [0.2, 0.25) is 0 Å². The van der Waals surface area contributed by atoms with Gasteiger partial charge < -0.3 is 15.2 Å². The van der Waals surface area contributed by atoms with Gasteiger partial charge in [0.25, 0.3) is 5.91 Å². The maximum Gasteiger partial charge on any atom is 0.271 e. The van der Waals surface area contributed by atoms with Crippen molar-refractivity contribution in [3.05, 3.63) is 23.6 Å². The number of aromatic nitrogens is 3. The lowest BCUT2D eigenvalue weighted by atomic mass is 10.1. The van der Waals surface area contributed by atoms with Crippen LogP contribution in [0.3, 0.4) is 0 Å². The number of hydrogen-bond donors (Lipinski definition) is 2. The third kappa shape index (κ3) is 2.98. The van der Waals surface area contributed by atoms with Gasteiger partial charge in [-0.05, 0) is 33.4 Å². The highest BCUT2D eigenvalue weighted by atomic mass is 32.1. The van der Waals surface area contributed by atoms with E-state index in [1.165, 1.54) is 11.3 Å². The third-order valence-electron chi connectivity index (χ3n) is 3.92. The normalized spacial score (nSPS) is 21.9. The van der Waals surface area contributed by atoms with Crippen molar-refractivity contribution in [3.8, 4) is 10.7 Å². The molecule has 1 saturated carbocycles. The number of H-pyrrole nitrogens is 1. The molecule has 2 N–H and O–H groups in total. The number of aromatic amines is 1. The average Bonchev–Trinajstić information content (AvgIpc) is 3.19. The topological polar surface area (TPSA) is 73.9 Å². The third-order valence-corrected chi connectivity index (χ3v) is 4.80. The molecule has 1 fully saturated rings. The lowest BCUT2D eigenvalue weighted by Crippen LogP contribution is -2.46. The summed E-state index contributed by atoms with van der Waals surface area (Å²) in [7, 11) is 4.13. The zero-order valence-corrected chi connectivity index (χ0v) is 13.0. The van der Waals surface area contributed by atoms with Crippen LogP contribution in [0.15, 0.2) is 17.9 Å². The number of likely N-dealkylation sites (N-methyl/N-ethyl adjacent to an activating group) is 1. The molecule has 2 aromatic heterocycles. The van der Waals surface area contributed by atoms with Crippen molar-refractivity contribution in [2.24, 2.45) is 0 Å². The molecule has 2 atom stereocenters. The Kier molecular flexibility index (Phi) is 4.03. The standard InChI is InChI=1S/C14H19N5OS/c1-19(2)12-5-3-4-9(12)17-13(20)11-7-21-14(18-11)10-6-15-8-16-10/h6-9,12H,3-5H2,1-2H3,(H,15,16)(H,17,20)/t9-,12-/m1/s1. The number of carbonyl (C=O) groups excluding carboxylic acids is 1. The smallest absolute Gasteiger partial charge is 0.271 e. The second-order valence-corrected chi connectivity index (χ2v) is 6.40. The van der Waals surface area contributed by atoms with Crippen molar-refractivity contribution in [2.75, 3.05) is 14.1 Å². The van der Waals surface area contributed by atoms with Crippen LogP contribution in [0.25, 0.3) is 10.7 Å². The van der Waals surface area contributed by atoms with E-state index >= 15 is 0 Å². The van der Waals surface area contributed by atoms with Crippen LogP contribution < -0.4 is 5.32 Å². The van der Waals surface area contributed by atoms with Gasteiger partial charge in [-0.25, -0.2) is 9.97 Å². The number of amides is 1. The highest BCUT2D eigenvalue weighted by Crippen LogP contribution is 2.24. The van der Waals surface area contributed by atoms with Gasteiger partial charge in [0.1, 0.15) is 10.7 Å². The first kappa shape index (κ1) is 14.2. The van der Waals surface area contributed by atoms with Crippen LogP contribution in [0.4, 0.5) is 0 Å². The first-order valence-corrected chi connectivity index (χ1v) is 7.94. The van der Waals surface area contributed by atoms with Crippen molar-refractivity contribution in [2.45, 2.75) is 31.3 Å². The summed E-state index contributed by atoms with van der Waals surface area (Å²) in [4.78, 5) is 25.9. The molecule has 1 aliphatic carbocycles. The van der Waals surface area contributed by atoms with E-state index in [-0.39, 0.29) is 11.9 Å². The van der Waals surface area contributed by atoms with Gasteiger partial charge in [0.05, 0.1) is 18.2 Å². The molecule has 21 heavy (non-hydrogen) atoms. The number of rotatable bonds is 4. The molecule has 1 aliphatic rings. The quantitative estimate of drug-likeness (QED) is 0.902. The molecule has 0 radical (unpaired) electrons. The minimum absolute atomic E-state index is 0.0873. The van der Waals surface area contributed by atoms with Crippen LogP contribution in [-0.2, 0) is 0 Å². The van der Waals surface area contributed by atoms with E-state index in [0.29, 0.717) is 11.7 Å².